The average molecular weight is 389 g/mol. The van der Waals surface area contributed by atoms with Gasteiger partial charge in [0.1, 0.15) is 5.76 Å². The van der Waals surface area contributed by atoms with Gasteiger partial charge in [-0.3, -0.25) is 4.79 Å². The molecule has 0 fully saturated rings. The lowest BCUT2D eigenvalue weighted by Crippen LogP contribution is -1.88. The lowest BCUT2D eigenvalue weighted by Gasteiger charge is -1.89. The maximum atomic E-state index is 12.0. The summed E-state index contributed by atoms with van der Waals surface area (Å²) in [4.78, 5) is 14.1. The van der Waals surface area contributed by atoms with Crippen molar-refractivity contribution in [3.63, 3.8) is 0 Å². The van der Waals surface area contributed by atoms with E-state index in [9.17, 15) is 9.90 Å². The number of thiophene rings is 2. The smallest absolute Gasteiger partial charge is 0.182 e. The molecule has 4 heteroatoms. The summed E-state index contributed by atoms with van der Waals surface area (Å²) in [6.07, 6.45) is 7.86. The largest absolute Gasteiger partial charge is 0.508 e. The molecular formula is C23H16O2S2. The van der Waals surface area contributed by atoms with E-state index in [1.165, 1.54) is 32.3 Å². The molecule has 2 nitrogen and oxygen atoms in total. The third kappa shape index (κ3) is 4.25. The van der Waals surface area contributed by atoms with Gasteiger partial charge in [0.15, 0.2) is 5.78 Å². The molecule has 0 saturated heterocycles. The molecule has 0 aliphatic heterocycles. The zero-order valence-corrected chi connectivity index (χ0v) is 16.0. The van der Waals surface area contributed by atoms with Gasteiger partial charge in [-0.1, -0.05) is 36.4 Å². The molecule has 2 heterocycles. The minimum Gasteiger partial charge on any atom is -0.508 e. The Bertz CT molecular complexity index is 1140. The quantitative estimate of drug-likeness (QED) is 0.230. The molecule has 2 aromatic heterocycles. The molecular weight excluding hydrogens is 372 g/mol. The van der Waals surface area contributed by atoms with Crippen molar-refractivity contribution in [3.05, 3.63) is 94.4 Å². The number of aliphatic hydroxyl groups is 1. The van der Waals surface area contributed by atoms with E-state index in [1.807, 2.05) is 30.3 Å². The highest BCUT2D eigenvalue weighted by atomic mass is 32.1. The SMILES string of the molecule is O=C(/C=C(O)/C=C/c1cc2ccccc2s1)/C=C/c1cc2ccccc2s1. The standard InChI is InChI=1S/C23H16O2S2/c24-18(9-11-20-13-16-5-1-3-7-22(16)26-20)15-19(25)10-12-21-14-17-6-2-4-8-23(17)27-21/h1-15,24H/b11-9+,12-10+,18-15-. The van der Waals surface area contributed by atoms with E-state index < -0.39 is 0 Å². The van der Waals surface area contributed by atoms with Gasteiger partial charge in [0.2, 0.25) is 0 Å². The number of allylic oxidation sites excluding steroid dienone is 3. The maximum absolute atomic E-state index is 12.0. The van der Waals surface area contributed by atoms with Crippen molar-refractivity contribution < 1.29 is 9.90 Å². The zero-order chi connectivity index (χ0) is 18.6. The third-order valence-electron chi connectivity index (χ3n) is 4.01. The van der Waals surface area contributed by atoms with E-state index in [0.717, 1.165) is 9.75 Å². The topological polar surface area (TPSA) is 37.3 Å². The molecule has 0 radical (unpaired) electrons. The highest BCUT2D eigenvalue weighted by molar-refractivity contribution is 7.20. The van der Waals surface area contributed by atoms with Crippen LogP contribution >= 0.6 is 22.7 Å². The van der Waals surface area contributed by atoms with Crippen LogP contribution in [0, 0.1) is 0 Å². The minimum atomic E-state index is -0.244. The summed E-state index contributed by atoms with van der Waals surface area (Å²) in [5.41, 5.74) is 0. The molecule has 2 aromatic carbocycles. The highest BCUT2D eigenvalue weighted by Gasteiger charge is 2.00. The molecule has 27 heavy (non-hydrogen) atoms. The Hall–Kier alpha value is -2.95. The second-order valence-electron chi connectivity index (χ2n) is 6.01. The minimum absolute atomic E-state index is 0.0570. The number of rotatable bonds is 5. The van der Waals surface area contributed by atoms with Crippen LogP contribution in [-0.4, -0.2) is 10.9 Å². The summed E-state index contributed by atoms with van der Waals surface area (Å²) < 4.78 is 2.39. The van der Waals surface area contributed by atoms with Crippen LogP contribution in [-0.2, 0) is 4.79 Å². The van der Waals surface area contributed by atoms with E-state index in [-0.39, 0.29) is 11.5 Å². The van der Waals surface area contributed by atoms with Crippen LogP contribution in [0.25, 0.3) is 32.3 Å². The first-order valence-electron chi connectivity index (χ1n) is 8.45. The molecule has 1 N–H and O–H groups in total. The van der Waals surface area contributed by atoms with E-state index >= 15 is 0 Å². The second-order valence-corrected chi connectivity index (χ2v) is 8.24. The van der Waals surface area contributed by atoms with Crippen molar-refractivity contribution in [2.45, 2.75) is 0 Å². The molecule has 4 aromatic rings. The van der Waals surface area contributed by atoms with Gasteiger partial charge in [0, 0.05) is 25.2 Å². The van der Waals surface area contributed by atoms with Crippen LogP contribution in [0.5, 0.6) is 0 Å². The molecule has 0 saturated carbocycles. The van der Waals surface area contributed by atoms with Crippen LogP contribution in [0.1, 0.15) is 9.75 Å². The van der Waals surface area contributed by atoms with Gasteiger partial charge in [-0.05, 0) is 59.3 Å². The lowest BCUT2D eigenvalue weighted by atomic mass is 10.2. The molecule has 0 spiro atoms. The Morgan fingerprint density at radius 2 is 1.30 bits per heavy atom. The number of fused-ring (bicyclic) bond motifs is 2. The van der Waals surface area contributed by atoms with E-state index in [2.05, 4.69) is 36.4 Å². The normalized spacial score (nSPS) is 12.7. The summed E-state index contributed by atoms with van der Waals surface area (Å²) in [5.74, 6) is -0.301. The van der Waals surface area contributed by atoms with Crippen LogP contribution < -0.4 is 0 Å². The molecule has 0 aliphatic rings. The van der Waals surface area contributed by atoms with Gasteiger partial charge < -0.3 is 5.11 Å². The predicted octanol–water partition coefficient (Wildman–Crippen LogP) is 6.85. The number of aliphatic hydroxyl groups excluding tert-OH is 1. The number of benzene rings is 2. The van der Waals surface area contributed by atoms with E-state index in [4.69, 9.17) is 0 Å². The molecule has 0 unspecified atom stereocenters. The Morgan fingerprint density at radius 3 is 1.85 bits per heavy atom. The number of carbonyl (C=O) groups excluding carboxylic acids is 1. The van der Waals surface area contributed by atoms with Crippen molar-refractivity contribution in [2.75, 3.05) is 0 Å². The summed E-state index contributed by atoms with van der Waals surface area (Å²) in [6.45, 7) is 0. The fraction of sp³-hybridized carbons (Fsp3) is 0. The van der Waals surface area contributed by atoms with Gasteiger partial charge in [-0.2, -0.15) is 0 Å². The first kappa shape index (κ1) is 17.5. The Kier molecular flexibility index (Phi) is 5.01. The summed E-state index contributed by atoms with van der Waals surface area (Å²) in [7, 11) is 0. The summed E-state index contributed by atoms with van der Waals surface area (Å²) >= 11 is 3.28. The lowest BCUT2D eigenvalue weighted by molar-refractivity contribution is -0.110. The van der Waals surface area contributed by atoms with Gasteiger partial charge in [0.25, 0.3) is 0 Å². The monoisotopic (exact) mass is 388 g/mol. The van der Waals surface area contributed by atoms with Crippen LogP contribution in [0.2, 0.25) is 0 Å². The Balaban J connectivity index is 1.44. The van der Waals surface area contributed by atoms with E-state index in [0.29, 0.717) is 0 Å². The van der Waals surface area contributed by atoms with Crippen molar-refractivity contribution in [2.24, 2.45) is 0 Å². The molecule has 132 valence electrons. The summed E-state index contributed by atoms with van der Waals surface area (Å²) in [5, 5.41) is 12.3. The van der Waals surface area contributed by atoms with Gasteiger partial charge in [-0.15, -0.1) is 22.7 Å². The fourth-order valence-electron chi connectivity index (χ4n) is 2.74. The van der Waals surface area contributed by atoms with Gasteiger partial charge in [-0.25, -0.2) is 0 Å². The third-order valence-corrected chi connectivity index (χ3v) is 6.17. The van der Waals surface area contributed by atoms with E-state index in [1.54, 1.807) is 34.8 Å². The predicted molar refractivity (Wildman–Crippen MR) is 117 cm³/mol. The van der Waals surface area contributed by atoms with Crippen molar-refractivity contribution in [3.8, 4) is 0 Å². The number of hydrogen-bond donors (Lipinski definition) is 1. The highest BCUT2D eigenvalue weighted by Crippen LogP contribution is 2.27. The van der Waals surface area contributed by atoms with Crippen LogP contribution in [0.4, 0.5) is 0 Å². The molecule has 0 bridgehead atoms. The number of carbonyl (C=O) groups is 1. The van der Waals surface area contributed by atoms with Crippen molar-refractivity contribution in [1.82, 2.24) is 0 Å². The Morgan fingerprint density at radius 1 is 0.778 bits per heavy atom. The second kappa shape index (κ2) is 7.74. The van der Waals surface area contributed by atoms with Crippen LogP contribution in [0.3, 0.4) is 0 Å². The molecule has 4 rings (SSSR count). The Labute approximate surface area is 165 Å². The molecule has 0 aliphatic carbocycles. The number of ketones is 1. The summed E-state index contributed by atoms with van der Waals surface area (Å²) in [6, 6.07) is 20.3. The van der Waals surface area contributed by atoms with Crippen molar-refractivity contribution >= 4 is 60.8 Å². The number of hydrogen-bond acceptors (Lipinski definition) is 4. The first-order chi connectivity index (χ1) is 13.2. The van der Waals surface area contributed by atoms with Crippen molar-refractivity contribution in [1.29, 1.82) is 0 Å². The first-order valence-corrected chi connectivity index (χ1v) is 10.1. The van der Waals surface area contributed by atoms with Gasteiger partial charge in [0.05, 0.1) is 0 Å². The average Bonchev–Trinajstić information content (AvgIpc) is 3.27. The van der Waals surface area contributed by atoms with Gasteiger partial charge >= 0.3 is 0 Å². The van der Waals surface area contributed by atoms with Crippen LogP contribution in [0.15, 0.2) is 84.7 Å². The molecule has 0 atom stereocenters. The zero-order valence-electron chi connectivity index (χ0n) is 14.3. The maximum Gasteiger partial charge on any atom is 0.182 e. The molecule has 0 amide bonds. The fourth-order valence-corrected chi connectivity index (χ4v) is 4.68.